The molecule has 2 heterocycles. The van der Waals surface area contributed by atoms with Crippen LogP contribution < -0.4 is 16.5 Å². The molecule has 3 aromatic rings. The summed E-state index contributed by atoms with van der Waals surface area (Å²) < 4.78 is 42.0. The number of nitrogens with two attached hydrogens (primary N) is 1. The van der Waals surface area contributed by atoms with E-state index in [4.69, 9.17) is 18.0 Å². The maximum Gasteiger partial charge on any atom is 0.416 e. The van der Waals surface area contributed by atoms with Crippen LogP contribution in [0, 0.1) is 0 Å². The summed E-state index contributed by atoms with van der Waals surface area (Å²) in [5, 5.41) is 7.93. The lowest BCUT2D eigenvalue weighted by molar-refractivity contribution is -0.137. The van der Waals surface area contributed by atoms with Crippen molar-refractivity contribution in [1.82, 2.24) is 15.3 Å². The summed E-state index contributed by atoms with van der Waals surface area (Å²) in [6.45, 7) is 3.79. The lowest BCUT2D eigenvalue weighted by Gasteiger charge is -2.25. The maximum absolute atomic E-state index is 13.4. The highest BCUT2D eigenvalue weighted by atomic mass is 32.1. The van der Waals surface area contributed by atoms with E-state index in [0.29, 0.717) is 34.4 Å². The molecule has 9 heteroatoms. The van der Waals surface area contributed by atoms with E-state index in [1.165, 1.54) is 6.07 Å². The van der Waals surface area contributed by atoms with Gasteiger partial charge in [0.2, 0.25) is 0 Å². The van der Waals surface area contributed by atoms with Gasteiger partial charge in [-0.3, -0.25) is 9.99 Å². The number of fused-ring (bicyclic) bond motifs is 1. The van der Waals surface area contributed by atoms with Gasteiger partial charge in [0, 0.05) is 5.39 Å². The molecule has 5 nitrogen and oxygen atoms in total. The van der Waals surface area contributed by atoms with E-state index in [1.807, 2.05) is 30.3 Å². The average Bonchev–Trinajstić information content (AvgIpc) is 3.02. The molecule has 0 amide bonds. The van der Waals surface area contributed by atoms with Crippen molar-refractivity contribution in [3.05, 3.63) is 72.3 Å². The number of alkyl halides is 3. The van der Waals surface area contributed by atoms with Gasteiger partial charge in [-0.2, -0.15) is 18.3 Å². The predicted molar refractivity (Wildman–Crippen MR) is 116 cm³/mol. The fraction of sp³-hybridized carbons (Fsp3) is 0.143. The van der Waals surface area contributed by atoms with Gasteiger partial charge < -0.3 is 11.1 Å². The average molecular weight is 429 g/mol. The summed E-state index contributed by atoms with van der Waals surface area (Å²) in [5.74, 6) is 0.391. The first-order valence-electron chi connectivity index (χ1n) is 9.12. The van der Waals surface area contributed by atoms with Gasteiger partial charge in [-0.15, -0.1) is 6.58 Å². The van der Waals surface area contributed by atoms with Crippen LogP contribution in [0.5, 0.6) is 0 Å². The number of benzene rings is 2. The molecule has 1 atom stereocenters. The molecule has 0 fully saturated rings. The Kier molecular flexibility index (Phi) is 5.08. The number of thiocarbonyl (C=S) groups is 1. The van der Waals surface area contributed by atoms with Crippen molar-refractivity contribution < 1.29 is 13.2 Å². The molecule has 1 aliphatic rings. The van der Waals surface area contributed by atoms with E-state index < -0.39 is 17.9 Å². The van der Waals surface area contributed by atoms with E-state index in [9.17, 15) is 13.2 Å². The smallest absolute Gasteiger partial charge is 0.339 e. The molecular formula is C21H18F3N5S. The van der Waals surface area contributed by atoms with Crippen molar-refractivity contribution in [2.24, 2.45) is 10.8 Å². The van der Waals surface area contributed by atoms with Crippen LogP contribution in [0.4, 0.5) is 13.2 Å². The molecule has 0 radical (unpaired) electrons. The zero-order chi connectivity index (χ0) is 21.5. The standard InChI is InChI=1S/C21H18F3N5S/c1-2-6-14-15-11-13(21(22,23)24)9-10-16(15)29(17(14)12-7-4-3-5-8-12)19-18(25)26-20(30)28-27-19/h2-5,7-11,18H,1,6,25H2,(H2,26,28,30). The molecule has 30 heavy (non-hydrogen) atoms. The minimum Gasteiger partial charge on any atom is -0.339 e. The Bertz CT molecular complexity index is 1160. The van der Waals surface area contributed by atoms with Crippen molar-refractivity contribution in [2.45, 2.75) is 18.8 Å². The van der Waals surface area contributed by atoms with Crippen LogP contribution in [0.15, 0.2) is 66.3 Å². The normalized spacial score (nSPS) is 16.7. The number of aromatic nitrogens is 1. The van der Waals surface area contributed by atoms with Gasteiger partial charge in [0.15, 0.2) is 10.9 Å². The first-order valence-corrected chi connectivity index (χ1v) is 9.53. The summed E-state index contributed by atoms with van der Waals surface area (Å²) in [5.41, 5.74) is 11.0. The SMILES string of the molecule is C=CCc1c(-c2ccccc2)n(C2=NNC(=S)NC2N)c2ccc(C(F)(F)F)cc12. The molecule has 0 saturated heterocycles. The molecule has 2 aromatic carbocycles. The van der Waals surface area contributed by atoms with Crippen LogP contribution in [-0.2, 0) is 12.6 Å². The fourth-order valence-electron chi connectivity index (χ4n) is 3.63. The molecule has 0 saturated carbocycles. The van der Waals surface area contributed by atoms with Crippen molar-refractivity contribution >= 4 is 34.1 Å². The Morgan fingerprint density at radius 1 is 1.20 bits per heavy atom. The Hall–Kier alpha value is -3.17. The van der Waals surface area contributed by atoms with E-state index in [-0.39, 0.29) is 5.11 Å². The number of nitrogens with zero attached hydrogens (tertiary/aromatic N) is 2. The summed E-state index contributed by atoms with van der Waals surface area (Å²) >= 11 is 5.06. The van der Waals surface area contributed by atoms with Crippen LogP contribution in [0.25, 0.3) is 22.2 Å². The van der Waals surface area contributed by atoms with E-state index in [1.54, 1.807) is 10.6 Å². The largest absolute Gasteiger partial charge is 0.416 e. The van der Waals surface area contributed by atoms with Crippen LogP contribution >= 0.6 is 12.2 Å². The zero-order valence-corrected chi connectivity index (χ0v) is 16.5. The van der Waals surface area contributed by atoms with E-state index in [2.05, 4.69) is 22.4 Å². The second-order valence-corrected chi connectivity index (χ2v) is 7.19. The number of hydrogen-bond donors (Lipinski definition) is 3. The van der Waals surface area contributed by atoms with Crippen molar-refractivity contribution in [2.75, 3.05) is 0 Å². The van der Waals surface area contributed by atoms with Crippen LogP contribution in [0.2, 0.25) is 0 Å². The van der Waals surface area contributed by atoms with Gasteiger partial charge in [-0.05, 0) is 48.0 Å². The minimum absolute atomic E-state index is 0.273. The highest BCUT2D eigenvalue weighted by molar-refractivity contribution is 7.80. The van der Waals surface area contributed by atoms with Crippen molar-refractivity contribution in [3.8, 4) is 11.3 Å². The molecular weight excluding hydrogens is 411 g/mol. The van der Waals surface area contributed by atoms with Gasteiger partial charge in [0.25, 0.3) is 0 Å². The van der Waals surface area contributed by atoms with Gasteiger partial charge in [0.05, 0.1) is 16.8 Å². The maximum atomic E-state index is 13.4. The molecule has 4 rings (SSSR count). The summed E-state index contributed by atoms with van der Waals surface area (Å²) in [7, 11) is 0. The molecule has 0 bridgehead atoms. The third-order valence-electron chi connectivity index (χ3n) is 4.86. The topological polar surface area (TPSA) is 67.4 Å². The van der Waals surface area contributed by atoms with Gasteiger partial charge in [-0.1, -0.05) is 36.4 Å². The third kappa shape index (κ3) is 3.46. The molecule has 1 unspecified atom stereocenters. The summed E-state index contributed by atoms with van der Waals surface area (Å²) in [6.07, 6.45) is -3.16. The number of nitrogens with one attached hydrogen (secondary N) is 2. The Labute approximate surface area is 176 Å². The fourth-order valence-corrected chi connectivity index (χ4v) is 3.80. The number of halogens is 3. The van der Waals surface area contributed by atoms with Gasteiger partial charge in [-0.25, -0.2) is 0 Å². The first kappa shape index (κ1) is 20.1. The highest BCUT2D eigenvalue weighted by Gasteiger charge is 2.33. The minimum atomic E-state index is -4.46. The molecule has 4 N–H and O–H groups in total. The summed E-state index contributed by atoms with van der Waals surface area (Å²) in [4.78, 5) is 0. The zero-order valence-electron chi connectivity index (χ0n) is 15.7. The quantitative estimate of drug-likeness (QED) is 0.435. The van der Waals surface area contributed by atoms with E-state index >= 15 is 0 Å². The predicted octanol–water partition coefficient (Wildman–Crippen LogP) is 3.98. The first-order chi connectivity index (χ1) is 14.3. The van der Waals surface area contributed by atoms with Gasteiger partial charge in [0.1, 0.15) is 6.17 Å². The summed E-state index contributed by atoms with van der Waals surface area (Å²) in [6, 6.07) is 13.1. The third-order valence-corrected chi connectivity index (χ3v) is 5.07. The van der Waals surface area contributed by atoms with Crippen molar-refractivity contribution in [1.29, 1.82) is 0 Å². The van der Waals surface area contributed by atoms with E-state index in [0.717, 1.165) is 17.7 Å². The second kappa shape index (κ2) is 7.58. The number of allylic oxidation sites excluding steroid dienone is 1. The number of hydrogen-bond acceptors (Lipinski definition) is 3. The lowest BCUT2D eigenvalue weighted by atomic mass is 10.0. The van der Waals surface area contributed by atoms with Crippen LogP contribution in [0.1, 0.15) is 11.1 Å². The molecule has 154 valence electrons. The highest BCUT2D eigenvalue weighted by Crippen LogP contribution is 2.38. The molecule has 0 aliphatic carbocycles. The van der Waals surface area contributed by atoms with Crippen LogP contribution in [0.3, 0.4) is 0 Å². The molecule has 1 aliphatic heterocycles. The lowest BCUT2D eigenvalue weighted by Crippen LogP contribution is -2.56. The Balaban J connectivity index is 2.10. The van der Waals surface area contributed by atoms with Crippen LogP contribution in [-0.4, -0.2) is 21.7 Å². The molecule has 0 spiro atoms. The monoisotopic (exact) mass is 429 g/mol. The number of rotatable bonds is 3. The second-order valence-electron chi connectivity index (χ2n) is 6.78. The Morgan fingerprint density at radius 3 is 2.57 bits per heavy atom. The Morgan fingerprint density at radius 2 is 1.93 bits per heavy atom. The van der Waals surface area contributed by atoms with Crippen molar-refractivity contribution in [3.63, 3.8) is 0 Å². The van der Waals surface area contributed by atoms with Gasteiger partial charge >= 0.3 is 6.18 Å². The number of hydrazone groups is 1. The molecule has 1 aromatic heterocycles.